The minimum Gasteiger partial charge on any atom is -0.392 e. The molecule has 0 amide bonds. The van der Waals surface area contributed by atoms with Crippen LogP contribution in [0.1, 0.15) is 31.7 Å². The van der Waals surface area contributed by atoms with E-state index in [4.69, 9.17) is 5.11 Å². The fraction of sp³-hybridized carbons (Fsp3) is 0.538. The van der Waals surface area contributed by atoms with Gasteiger partial charge in [0.15, 0.2) is 0 Å². The van der Waals surface area contributed by atoms with Crippen LogP contribution in [0, 0.1) is 15.5 Å². The average molecular weight is 250 g/mol. The van der Waals surface area contributed by atoms with E-state index < -0.39 is 4.92 Å². The van der Waals surface area contributed by atoms with Crippen LogP contribution in [-0.4, -0.2) is 16.6 Å². The van der Waals surface area contributed by atoms with Crippen molar-refractivity contribution in [3.63, 3.8) is 0 Å². The lowest BCUT2D eigenvalue weighted by Gasteiger charge is -2.15. The van der Waals surface area contributed by atoms with Gasteiger partial charge in [0.05, 0.1) is 11.5 Å². The number of nitrogens with one attached hydrogen (secondary N) is 1. The van der Waals surface area contributed by atoms with Gasteiger partial charge in [0, 0.05) is 12.6 Å². The summed E-state index contributed by atoms with van der Waals surface area (Å²) in [5.74, 6) is 0. The molecule has 0 aliphatic heterocycles. The Morgan fingerprint density at radius 2 is 2.22 bits per heavy atom. The van der Waals surface area contributed by atoms with E-state index in [9.17, 15) is 10.1 Å². The van der Waals surface area contributed by atoms with Gasteiger partial charge >= 0.3 is 0 Å². The van der Waals surface area contributed by atoms with Gasteiger partial charge < -0.3 is 10.4 Å². The predicted molar refractivity (Wildman–Crippen MR) is 69.5 cm³/mol. The van der Waals surface area contributed by atoms with Crippen molar-refractivity contribution >= 4 is 11.4 Å². The van der Waals surface area contributed by atoms with Crippen molar-refractivity contribution in [2.75, 3.05) is 11.9 Å². The SMILES string of the molecule is CCC1(CNc2cc(CO)ccc2[N+](=O)[O-])CC1. The van der Waals surface area contributed by atoms with Crippen LogP contribution < -0.4 is 5.32 Å². The summed E-state index contributed by atoms with van der Waals surface area (Å²) in [6.45, 7) is 2.80. The zero-order chi connectivity index (χ0) is 13.2. The van der Waals surface area contributed by atoms with Crippen molar-refractivity contribution in [2.24, 2.45) is 5.41 Å². The van der Waals surface area contributed by atoms with Crippen LogP contribution in [0.4, 0.5) is 11.4 Å². The maximum absolute atomic E-state index is 10.9. The first-order chi connectivity index (χ1) is 8.60. The van der Waals surface area contributed by atoms with Crippen molar-refractivity contribution in [1.29, 1.82) is 0 Å². The summed E-state index contributed by atoms with van der Waals surface area (Å²) >= 11 is 0. The molecule has 1 saturated carbocycles. The van der Waals surface area contributed by atoms with Crippen molar-refractivity contribution in [2.45, 2.75) is 32.8 Å². The smallest absolute Gasteiger partial charge is 0.292 e. The van der Waals surface area contributed by atoms with Gasteiger partial charge in [-0.25, -0.2) is 0 Å². The number of hydrogen-bond donors (Lipinski definition) is 2. The molecular formula is C13H18N2O3. The topological polar surface area (TPSA) is 75.4 Å². The van der Waals surface area contributed by atoms with Crippen LogP contribution in [0.3, 0.4) is 0 Å². The molecule has 0 atom stereocenters. The Hall–Kier alpha value is -1.62. The number of aliphatic hydroxyl groups is 1. The minimum absolute atomic E-state index is 0.0686. The molecule has 1 aliphatic rings. The number of nitrogens with zero attached hydrogens (tertiary/aromatic N) is 1. The highest BCUT2D eigenvalue weighted by atomic mass is 16.6. The fourth-order valence-corrected chi connectivity index (χ4v) is 2.10. The lowest BCUT2D eigenvalue weighted by Crippen LogP contribution is -2.15. The molecule has 1 aromatic carbocycles. The highest BCUT2D eigenvalue weighted by molar-refractivity contribution is 5.62. The van der Waals surface area contributed by atoms with Gasteiger partial charge in [-0.05, 0) is 42.4 Å². The van der Waals surface area contributed by atoms with Gasteiger partial charge in [-0.15, -0.1) is 0 Å². The van der Waals surface area contributed by atoms with E-state index in [0.29, 0.717) is 16.7 Å². The van der Waals surface area contributed by atoms with Gasteiger partial charge in [0.25, 0.3) is 5.69 Å². The summed E-state index contributed by atoms with van der Waals surface area (Å²) in [6.07, 6.45) is 3.46. The summed E-state index contributed by atoms with van der Waals surface area (Å²) in [5.41, 5.74) is 1.58. The standard InChI is InChI=1S/C13H18N2O3/c1-2-13(5-6-13)9-14-11-7-10(8-16)3-4-12(11)15(17)18/h3-4,7,14,16H,2,5-6,8-9H2,1H3. The molecule has 98 valence electrons. The molecule has 2 N–H and O–H groups in total. The Morgan fingerprint density at radius 1 is 1.50 bits per heavy atom. The molecule has 0 saturated heterocycles. The minimum atomic E-state index is -0.394. The van der Waals surface area contributed by atoms with Gasteiger partial charge in [0.2, 0.25) is 0 Å². The molecule has 0 spiro atoms. The lowest BCUT2D eigenvalue weighted by atomic mass is 10.0. The number of nitro groups is 1. The van der Waals surface area contributed by atoms with Gasteiger partial charge in [0.1, 0.15) is 5.69 Å². The van der Waals surface area contributed by atoms with E-state index >= 15 is 0 Å². The molecule has 2 rings (SSSR count). The van der Waals surface area contributed by atoms with Crippen LogP contribution in [0.25, 0.3) is 0 Å². The van der Waals surface area contributed by atoms with Crippen LogP contribution in [0.5, 0.6) is 0 Å². The van der Waals surface area contributed by atoms with Gasteiger partial charge in [-0.3, -0.25) is 10.1 Å². The summed E-state index contributed by atoms with van der Waals surface area (Å²) in [6, 6.07) is 4.68. The van der Waals surface area contributed by atoms with E-state index in [1.165, 1.54) is 18.9 Å². The van der Waals surface area contributed by atoms with Crippen molar-refractivity contribution < 1.29 is 10.0 Å². The largest absolute Gasteiger partial charge is 0.392 e. The molecule has 1 fully saturated rings. The van der Waals surface area contributed by atoms with Gasteiger partial charge in [-0.1, -0.05) is 6.92 Å². The number of rotatable bonds is 6. The second-order valence-electron chi connectivity index (χ2n) is 4.97. The third-order valence-electron chi connectivity index (χ3n) is 3.80. The lowest BCUT2D eigenvalue weighted by molar-refractivity contribution is -0.384. The summed E-state index contributed by atoms with van der Waals surface area (Å²) < 4.78 is 0. The van der Waals surface area contributed by atoms with Crippen molar-refractivity contribution in [3.05, 3.63) is 33.9 Å². The maximum Gasteiger partial charge on any atom is 0.292 e. The van der Waals surface area contributed by atoms with Crippen molar-refractivity contribution in [3.8, 4) is 0 Å². The third-order valence-corrected chi connectivity index (χ3v) is 3.80. The molecule has 0 aromatic heterocycles. The van der Waals surface area contributed by atoms with Crippen LogP contribution in [0.15, 0.2) is 18.2 Å². The van der Waals surface area contributed by atoms with Crippen LogP contribution in [0.2, 0.25) is 0 Å². The van der Waals surface area contributed by atoms with E-state index in [2.05, 4.69) is 12.2 Å². The molecule has 0 bridgehead atoms. The van der Waals surface area contributed by atoms with Crippen LogP contribution in [-0.2, 0) is 6.61 Å². The first kappa shape index (κ1) is 12.8. The second-order valence-corrected chi connectivity index (χ2v) is 4.97. The zero-order valence-corrected chi connectivity index (χ0v) is 10.5. The number of anilines is 1. The van der Waals surface area contributed by atoms with E-state index in [1.54, 1.807) is 12.1 Å². The Morgan fingerprint density at radius 3 is 2.72 bits per heavy atom. The molecule has 18 heavy (non-hydrogen) atoms. The van der Waals surface area contributed by atoms with Crippen molar-refractivity contribution in [1.82, 2.24) is 0 Å². The number of hydrogen-bond acceptors (Lipinski definition) is 4. The molecule has 0 radical (unpaired) electrons. The molecule has 1 aliphatic carbocycles. The van der Waals surface area contributed by atoms with Gasteiger partial charge in [-0.2, -0.15) is 0 Å². The van der Waals surface area contributed by atoms with E-state index in [0.717, 1.165) is 13.0 Å². The molecule has 0 heterocycles. The van der Waals surface area contributed by atoms with E-state index in [1.807, 2.05) is 0 Å². The molecule has 5 heteroatoms. The number of benzene rings is 1. The first-order valence-corrected chi connectivity index (χ1v) is 6.22. The van der Waals surface area contributed by atoms with Crippen LogP contribution >= 0.6 is 0 Å². The predicted octanol–water partition coefficient (Wildman–Crippen LogP) is 2.69. The number of nitro benzene ring substituents is 1. The molecule has 0 unspecified atom stereocenters. The first-order valence-electron chi connectivity index (χ1n) is 6.22. The number of aliphatic hydroxyl groups excluding tert-OH is 1. The normalized spacial score (nSPS) is 16.3. The fourth-order valence-electron chi connectivity index (χ4n) is 2.10. The highest BCUT2D eigenvalue weighted by Crippen LogP contribution is 2.48. The zero-order valence-electron chi connectivity index (χ0n) is 10.5. The molecule has 5 nitrogen and oxygen atoms in total. The monoisotopic (exact) mass is 250 g/mol. The third kappa shape index (κ3) is 2.61. The second kappa shape index (κ2) is 4.94. The average Bonchev–Trinajstić information content (AvgIpc) is 3.16. The molecule has 1 aromatic rings. The Bertz CT molecular complexity index is 456. The maximum atomic E-state index is 10.9. The quantitative estimate of drug-likeness (QED) is 0.601. The Balaban J connectivity index is 2.16. The van der Waals surface area contributed by atoms with E-state index in [-0.39, 0.29) is 12.3 Å². The highest BCUT2D eigenvalue weighted by Gasteiger charge is 2.40. The summed E-state index contributed by atoms with van der Waals surface area (Å²) in [5, 5.41) is 23.2. The summed E-state index contributed by atoms with van der Waals surface area (Å²) in [7, 11) is 0. The summed E-state index contributed by atoms with van der Waals surface area (Å²) in [4.78, 5) is 10.5. The molecular weight excluding hydrogens is 232 g/mol. The Kier molecular flexibility index (Phi) is 3.52. The Labute approximate surface area is 106 Å².